The lowest BCUT2D eigenvalue weighted by Gasteiger charge is -2.13. The molecule has 0 atom stereocenters. The first-order valence-corrected chi connectivity index (χ1v) is 7.34. The van der Waals surface area contributed by atoms with Crippen LogP contribution in [0.2, 0.25) is 10.0 Å². The molecule has 0 heterocycles. The van der Waals surface area contributed by atoms with Gasteiger partial charge in [0, 0.05) is 22.2 Å². The molecule has 18 heavy (non-hydrogen) atoms. The summed E-state index contributed by atoms with van der Waals surface area (Å²) in [5.74, 6) is 0. The molecule has 3 heteroatoms. The summed E-state index contributed by atoms with van der Waals surface area (Å²) in [7, 11) is 0. The molecule has 0 aliphatic heterocycles. The average molecular weight is 284 g/mol. The molecule has 1 nitrogen and oxygen atoms in total. The van der Waals surface area contributed by atoms with Gasteiger partial charge in [0.1, 0.15) is 0 Å². The average Bonchev–Trinajstić information content (AvgIpc) is 2.38. The molecular formula is C15H19Cl2N. The van der Waals surface area contributed by atoms with E-state index in [1.54, 1.807) is 5.57 Å². The van der Waals surface area contributed by atoms with Crippen LogP contribution in [0.25, 0.3) is 0 Å². The molecule has 0 spiro atoms. The van der Waals surface area contributed by atoms with Gasteiger partial charge in [0.15, 0.2) is 0 Å². The second-order valence-electron chi connectivity index (χ2n) is 4.74. The summed E-state index contributed by atoms with van der Waals surface area (Å²) >= 11 is 12.2. The van der Waals surface area contributed by atoms with Crippen LogP contribution in [0, 0.1) is 0 Å². The second kappa shape index (κ2) is 7.18. The molecule has 1 aliphatic rings. The molecule has 1 aromatic rings. The Morgan fingerprint density at radius 3 is 2.56 bits per heavy atom. The molecule has 2 rings (SSSR count). The van der Waals surface area contributed by atoms with E-state index >= 15 is 0 Å². The zero-order chi connectivity index (χ0) is 12.8. The van der Waals surface area contributed by atoms with E-state index in [9.17, 15) is 0 Å². The molecule has 0 amide bonds. The first-order valence-electron chi connectivity index (χ1n) is 6.59. The standard InChI is InChI=1S/C15H19Cl2N/c16-14-7-4-8-15(17)13(14)11-18-10-9-12-5-2-1-3-6-12/h4-5,7-8,18H,1-3,6,9-11H2. The molecule has 98 valence electrons. The maximum Gasteiger partial charge on any atom is 0.0465 e. The first-order chi connectivity index (χ1) is 8.77. The summed E-state index contributed by atoms with van der Waals surface area (Å²) in [5.41, 5.74) is 2.59. The van der Waals surface area contributed by atoms with Crippen molar-refractivity contribution < 1.29 is 0 Å². The SMILES string of the molecule is Clc1cccc(Cl)c1CNCCC1=CCCCC1. The predicted molar refractivity (Wildman–Crippen MR) is 79.3 cm³/mol. The highest BCUT2D eigenvalue weighted by molar-refractivity contribution is 6.35. The Morgan fingerprint density at radius 2 is 1.89 bits per heavy atom. The minimum atomic E-state index is 0.742. The zero-order valence-electron chi connectivity index (χ0n) is 10.5. The zero-order valence-corrected chi connectivity index (χ0v) is 12.0. The highest BCUT2D eigenvalue weighted by atomic mass is 35.5. The second-order valence-corrected chi connectivity index (χ2v) is 5.55. The fourth-order valence-corrected chi connectivity index (χ4v) is 2.83. The Hall–Kier alpha value is -0.500. The van der Waals surface area contributed by atoms with E-state index in [4.69, 9.17) is 23.2 Å². The number of hydrogen-bond donors (Lipinski definition) is 1. The third-order valence-corrected chi connectivity index (χ3v) is 4.08. The van der Waals surface area contributed by atoms with Crippen molar-refractivity contribution in [2.24, 2.45) is 0 Å². The van der Waals surface area contributed by atoms with Gasteiger partial charge in [-0.25, -0.2) is 0 Å². The molecule has 0 radical (unpaired) electrons. The van der Waals surface area contributed by atoms with E-state index in [0.29, 0.717) is 0 Å². The van der Waals surface area contributed by atoms with Gasteiger partial charge < -0.3 is 5.32 Å². The largest absolute Gasteiger partial charge is 0.312 e. The summed E-state index contributed by atoms with van der Waals surface area (Å²) in [6.07, 6.45) is 8.77. The first kappa shape index (κ1) is 13.9. The molecule has 0 aromatic heterocycles. The van der Waals surface area contributed by atoms with Gasteiger partial charge in [-0.05, 0) is 50.8 Å². The van der Waals surface area contributed by atoms with Crippen molar-refractivity contribution >= 4 is 23.2 Å². The predicted octanol–water partition coefficient (Wildman–Crippen LogP) is 4.97. The van der Waals surface area contributed by atoms with Crippen LogP contribution in [0.15, 0.2) is 29.8 Å². The van der Waals surface area contributed by atoms with Crippen molar-refractivity contribution in [3.63, 3.8) is 0 Å². The number of benzene rings is 1. The van der Waals surface area contributed by atoms with Crippen LogP contribution in [0.5, 0.6) is 0 Å². The molecule has 1 aromatic carbocycles. The van der Waals surface area contributed by atoms with Gasteiger partial charge in [-0.15, -0.1) is 0 Å². The number of hydrogen-bond acceptors (Lipinski definition) is 1. The molecule has 1 aliphatic carbocycles. The maximum absolute atomic E-state index is 6.12. The Balaban J connectivity index is 1.76. The van der Waals surface area contributed by atoms with Crippen molar-refractivity contribution in [2.45, 2.75) is 38.6 Å². The van der Waals surface area contributed by atoms with Gasteiger partial charge in [0.05, 0.1) is 0 Å². The van der Waals surface area contributed by atoms with E-state index in [1.165, 1.54) is 25.7 Å². The molecule has 0 fully saturated rings. The minimum Gasteiger partial charge on any atom is -0.312 e. The van der Waals surface area contributed by atoms with Gasteiger partial charge in [-0.2, -0.15) is 0 Å². The fourth-order valence-electron chi connectivity index (χ4n) is 2.30. The van der Waals surface area contributed by atoms with Gasteiger partial charge in [-0.3, -0.25) is 0 Å². The monoisotopic (exact) mass is 283 g/mol. The fraction of sp³-hybridized carbons (Fsp3) is 0.467. The third-order valence-electron chi connectivity index (χ3n) is 3.37. The van der Waals surface area contributed by atoms with Crippen LogP contribution in [0.3, 0.4) is 0 Å². The Kier molecular flexibility index (Phi) is 5.55. The van der Waals surface area contributed by atoms with Crippen LogP contribution in [-0.4, -0.2) is 6.54 Å². The summed E-state index contributed by atoms with van der Waals surface area (Å²) in [6, 6.07) is 5.64. The highest BCUT2D eigenvalue weighted by Gasteiger charge is 2.06. The summed E-state index contributed by atoms with van der Waals surface area (Å²) in [4.78, 5) is 0. The molecule has 0 unspecified atom stereocenters. The highest BCUT2D eigenvalue weighted by Crippen LogP contribution is 2.24. The molecule has 0 bridgehead atoms. The van der Waals surface area contributed by atoms with Gasteiger partial charge in [0.2, 0.25) is 0 Å². The minimum absolute atomic E-state index is 0.742. The van der Waals surface area contributed by atoms with Crippen LogP contribution in [-0.2, 0) is 6.54 Å². The van der Waals surface area contributed by atoms with Gasteiger partial charge >= 0.3 is 0 Å². The van der Waals surface area contributed by atoms with Crippen molar-refractivity contribution in [1.82, 2.24) is 5.32 Å². The number of halogens is 2. The van der Waals surface area contributed by atoms with E-state index in [1.807, 2.05) is 18.2 Å². The normalized spacial score (nSPS) is 15.6. The smallest absolute Gasteiger partial charge is 0.0465 e. The van der Waals surface area contributed by atoms with Gasteiger partial charge in [-0.1, -0.05) is 40.9 Å². The van der Waals surface area contributed by atoms with E-state index in [-0.39, 0.29) is 0 Å². The Bertz CT molecular complexity index is 406. The van der Waals surface area contributed by atoms with Crippen molar-refractivity contribution in [2.75, 3.05) is 6.54 Å². The van der Waals surface area contributed by atoms with Crippen LogP contribution >= 0.6 is 23.2 Å². The van der Waals surface area contributed by atoms with Gasteiger partial charge in [0.25, 0.3) is 0 Å². The Morgan fingerprint density at radius 1 is 1.11 bits per heavy atom. The van der Waals surface area contributed by atoms with E-state index in [0.717, 1.165) is 35.1 Å². The van der Waals surface area contributed by atoms with Crippen molar-refractivity contribution in [3.05, 3.63) is 45.5 Å². The Labute approximate surface area is 119 Å². The van der Waals surface area contributed by atoms with Crippen LogP contribution in [0.1, 0.15) is 37.7 Å². The number of nitrogens with one attached hydrogen (secondary N) is 1. The number of rotatable bonds is 5. The summed E-state index contributed by atoms with van der Waals surface area (Å²) < 4.78 is 0. The van der Waals surface area contributed by atoms with Crippen LogP contribution < -0.4 is 5.32 Å². The lowest BCUT2D eigenvalue weighted by atomic mass is 9.97. The molecular weight excluding hydrogens is 265 g/mol. The quantitative estimate of drug-likeness (QED) is 0.594. The lowest BCUT2D eigenvalue weighted by Crippen LogP contribution is -2.16. The molecule has 0 saturated carbocycles. The summed E-state index contributed by atoms with van der Waals surface area (Å²) in [6.45, 7) is 1.74. The summed E-state index contributed by atoms with van der Waals surface area (Å²) in [5, 5.41) is 4.91. The van der Waals surface area contributed by atoms with E-state index in [2.05, 4.69) is 11.4 Å². The third kappa shape index (κ3) is 4.01. The van der Waals surface area contributed by atoms with Crippen molar-refractivity contribution in [1.29, 1.82) is 0 Å². The number of allylic oxidation sites excluding steroid dienone is 1. The van der Waals surface area contributed by atoms with E-state index < -0.39 is 0 Å². The molecule has 0 saturated heterocycles. The lowest BCUT2D eigenvalue weighted by molar-refractivity contribution is 0.632. The van der Waals surface area contributed by atoms with Crippen LogP contribution in [0.4, 0.5) is 0 Å². The topological polar surface area (TPSA) is 12.0 Å². The maximum atomic E-state index is 6.12. The van der Waals surface area contributed by atoms with Crippen molar-refractivity contribution in [3.8, 4) is 0 Å². The molecule has 1 N–H and O–H groups in total.